The number of rotatable bonds is 8. The van der Waals surface area contributed by atoms with E-state index >= 15 is 0 Å². The quantitative estimate of drug-likeness (QED) is 0.305. The van der Waals surface area contributed by atoms with E-state index in [9.17, 15) is 24.8 Å². The van der Waals surface area contributed by atoms with E-state index in [0.29, 0.717) is 5.56 Å². The molecule has 0 bridgehead atoms. The number of carbonyl (C=O) groups is 2. The molecule has 0 aromatic heterocycles. The first-order valence-corrected chi connectivity index (χ1v) is 10.4. The van der Waals surface area contributed by atoms with Crippen LogP contribution in [0.5, 0.6) is 0 Å². The Balaban J connectivity index is 1.58. The summed E-state index contributed by atoms with van der Waals surface area (Å²) in [4.78, 5) is 34.8. The van der Waals surface area contributed by atoms with Crippen LogP contribution in [0, 0.1) is 10.1 Å². The second kappa shape index (κ2) is 9.22. The molecule has 0 saturated heterocycles. The number of ether oxygens (including phenoxy) is 1. The fourth-order valence-electron chi connectivity index (χ4n) is 4.38. The van der Waals surface area contributed by atoms with Crippen molar-refractivity contribution in [1.82, 2.24) is 0 Å². The third-order valence-electron chi connectivity index (χ3n) is 5.91. The Morgan fingerprint density at radius 1 is 0.970 bits per heavy atom. The summed E-state index contributed by atoms with van der Waals surface area (Å²) in [5.74, 6) is -3.05. The van der Waals surface area contributed by atoms with Crippen molar-refractivity contribution in [1.29, 1.82) is 0 Å². The fourth-order valence-corrected chi connectivity index (χ4v) is 4.38. The van der Waals surface area contributed by atoms with Crippen LogP contribution >= 0.6 is 0 Å². The molecule has 8 heteroatoms. The minimum atomic E-state index is -1.15. The molecule has 2 atom stereocenters. The largest absolute Gasteiger partial charge is 0.481 e. The SMILES string of the molecule is N[C@H](CC(=O)O)C(C(=O)OCC1c2ccccc2-c2ccccc21)c1ccc([N+](=O)[O-])cc1. The monoisotopic (exact) mass is 446 g/mol. The summed E-state index contributed by atoms with van der Waals surface area (Å²) in [6.45, 7) is 0.0656. The number of hydrogen-bond acceptors (Lipinski definition) is 6. The smallest absolute Gasteiger partial charge is 0.315 e. The van der Waals surface area contributed by atoms with Crippen LogP contribution < -0.4 is 5.73 Å². The van der Waals surface area contributed by atoms with E-state index in [2.05, 4.69) is 0 Å². The molecule has 0 fully saturated rings. The van der Waals surface area contributed by atoms with Crippen LogP contribution in [0.4, 0.5) is 5.69 Å². The number of nitrogens with two attached hydrogens (primary N) is 1. The molecule has 168 valence electrons. The number of non-ortho nitro benzene ring substituents is 1. The zero-order valence-corrected chi connectivity index (χ0v) is 17.6. The number of nitro groups is 1. The first-order chi connectivity index (χ1) is 15.9. The molecule has 4 rings (SSSR count). The Kier molecular flexibility index (Phi) is 6.19. The van der Waals surface area contributed by atoms with Crippen LogP contribution in [-0.4, -0.2) is 34.6 Å². The molecule has 1 unspecified atom stereocenters. The van der Waals surface area contributed by atoms with Gasteiger partial charge in [-0.15, -0.1) is 0 Å². The number of nitrogens with zero attached hydrogens (tertiary/aromatic N) is 1. The van der Waals surface area contributed by atoms with Crippen molar-refractivity contribution in [3.05, 3.63) is 99.6 Å². The lowest BCUT2D eigenvalue weighted by Crippen LogP contribution is -2.37. The Bertz CT molecular complexity index is 1160. The van der Waals surface area contributed by atoms with Gasteiger partial charge >= 0.3 is 11.9 Å². The van der Waals surface area contributed by atoms with Crippen molar-refractivity contribution in [2.75, 3.05) is 6.61 Å². The van der Waals surface area contributed by atoms with Gasteiger partial charge in [-0.2, -0.15) is 0 Å². The summed E-state index contributed by atoms with van der Waals surface area (Å²) >= 11 is 0. The van der Waals surface area contributed by atoms with E-state index in [1.54, 1.807) is 0 Å². The summed E-state index contributed by atoms with van der Waals surface area (Å²) in [6.07, 6.45) is -0.453. The Labute approximate surface area is 189 Å². The van der Waals surface area contributed by atoms with Gasteiger partial charge in [-0.3, -0.25) is 19.7 Å². The number of esters is 1. The highest BCUT2D eigenvalue weighted by Gasteiger charge is 2.34. The number of fused-ring (bicyclic) bond motifs is 3. The average molecular weight is 446 g/mol. The van der Waals surface area contributed by atoms with Crippen LogP contribution in [0.25, 0.3) is 11.1 Å². The molecule has 0 radical (unpaired) electrons. The van der Waals surface area contributed by atoms with Crippen LogP contribution in [0.2, 0.25) is 0 Å². The summed E-state index contributed by atoms with van der Waals surface area (Å²) in [5.41, 5.74) is 10.6. The molecular formula is C25H22N2O6. The molecule has 3 N–H and O–H groups in total. The standard InChI is InChI=1S/C25H22N2O6/c26-22(13-23(28)29)24(15-9-11-16(12-10-15)27(31)32)25(30)33-14-21-19-7-3-1-5-17(19)18-6-2-4-8-20(18)21/h1-12,21-22,24H,13-14,26H2,(H,28,29)/t22-,24?/m1/s1. The van der Waals surface area contributed by atoms with E-state index in [4.69, 9.17) is 10.5 Å². The predicted octanol–water partition coefficient (Wildman–Crippen LogP) is 3.84. The minimum absolute atomic E-state index is 0.0656. The fraction of sp³-hybridized carbons (Fsp3) is 0.200. The Hall–Kier alpha value is -4.04. The highest BCUT2D eigenvalue weighted by Crippen LogP contribution is 2.44. The summed E-state index contributed by atoms with van der Waals surface area (Å²) in [5, 5.41) is 20.1. The maximum Gasteiger partial charge on any atom is 0.315 e. The van der Waals surface area contributed by atoms with Gasteiger partial charge in [0.2, 0.25) is 0 Å². The first-order valence-electron chi connectivity index (χ1n) is 10.4. The molecule has 0 aliphatic heterocycles. The van der Waals surface area contributed by atoms with Gasteiger partial charge in [0.1, 0.15) is 6.61 Å². The third-order valence-corrected chi connectivity index (χ3v) is 5.91. The lowest BCUT2D eigenvalue weighted by molar-refractivity contribution is -0.384. The van der Waals surface area contributed by atoms with Crippen molar-refractivity contribution in [2.45, 2.75) is 24.3 Å². The zero-order chi connectivity index (χ0) is 23.5. The van der Waals surface area contributed by atoms with Crippen LogP contribution in [-0.2, 0) is 14.3 Å². The van der Waals surface area contributed by atoms with Crippen molar-refractivity contribution in [3.8, 4) is 11.1 Å². The van der Waals surface area contributed by atoms with Gasteiger partial charge in [0.25, 0.3) is 5.69 Å². The van der Waals surface area contributed by atoms with Gasteiger partial charge in [-0.25, -0.2) is 0 Å². The third kappa shape index (κ3) is 4.47. The van der Waals surface area contributed by atoms with Gasteiger partial charge in [-0.05, 0) is 27.8 Å². The van der Waals surface area contributed by atoms with Crippen LogP contribution in [0.3, 0.4) is 0 Å². The van der Waals surface area contributed by atoms with Gasteiger partial charge in [0.05, 0.1) is 17.3 Å². The van der Waals surface area contributed by atoms with Crippen LogP contribution in [0.1, 0.15) is 34.9 Å². The zero-order valence-electron chi connectivity index (χ0n) is 17.6. The van der Waals surface area contributed by atoms with Crippen molar-refractivity contribution < 1.29 is 24.4 Å². The molecular weight excluding hydrogens is 424 g/mol. The number of carboxylic acids is 1. The number of carbonyl (C=O) groups excluding carboxylic acids is 1. The van der Waals surface area contributed by atoms with Gasteiger partial charge < -0.3 is 15.6 Å². The molecule has 1 aliphatic rings. The molecule has 3 aromatic carbocycles. The molecule has 8 nitrogen and oxygen atoms in total. The molecule has 0 amide bonds. The number of hydrogen-bond donors (Lipinski definition) is 2. The lowest BCUT2D eigenvalue weighted by Gasteiger charge is -2.23. The van der Waals surface area contributed by atoms with Gasteiger partial charge in [0.15, 0.2) is 0 Å². The van der Waals surface area contributed by atoms with Gasteiger partial charge in [-0.1, -0.05) is 60.7 Å². The first kappa shape index (κ1) is 22.2. The summed E-state index contributed by atoms with van der Waals surface area (Å²) < 4.78 is 5.69. The number of carboxylic acid groups (broad SMARTS) is 1. The van der Waals surface area contributed by atoms with E-state index in [1.807, 2.05) is 48.5 Å². The molecule has 0 saturated carbocycles. The topological polar surface area (TPSA) is 133 Å². The summed E-state index contributed by atoms with van der Waals surface area (Å²) in [7, 11) is 0. The molecule has 0 spiro atoms. The molecule has 1 aliphatic carbocycles. The maximum atomic E-state index is 13.1. The van der Waals surface area contributed by atoms with Gasteiger partial charge in [0, 0.05) is 24.1 Å². The number of nitro benzene ring substituents is 1. The number of aliphatic carboxylic acids is 1. The minimum Gasteiger partial charge on any atom is -0.481 e. The second-order valence-corrected chi connectivity index (χ2v) is 7.95. The highest BCUT2D eigenvalue weighted by atomic mass is 16.6. The van der Waals surface area contributed by atoms with E-state index in [-0.39, 0.29) is 18.2 Å². The highest BCUT2D eigenvalue weighted by molar-refractivity contribution is 5.82. The normalized spacial score (nSPS) is 14.1. The molecule has 3 aromatic rings. The molecule has 33 heavy (non-hydrogen) atoms. The maximum absolute atomic E-state index is 13.1. The number of benzene rings is 3. The van der Waals surface area contributed by atoms with Crippen LogP contribution in [0.15, 0.2) is 72.8 Å². The van der Waals surface area contributed by atoms with Crippen molar-refractivity contribution in [3.63, 3.8) is 0 Å². The lowest BCUT2D eigenvalue weighted by atomic mass is 9.89. The molecule has 0 heterocycles. The van der Waals surface area contributed by atoms with E-state index < -0.39 is 35.2 Å². The Morgan fingerprint density at radius 2 is 1.52 bits per heavy atom. The second-order valence-electron chi connectivity index (χ2n) is 7.95. The van der Waals surface area contributed by atoms with Crippen molar-refractivity contribution >= 4 is 17.6 Å². The predicted molar refractivity (Wildman–Crippen MR) is 121 cm³/mol. The van der Waals surface area contributed by atoms with E-state index in [0.717, 1.165) is 22.3 Å². The average Bonchev–Trinajstić information content (AvgIpc) is 3.11. The van der Waals surface area contributed by atoms with Crippen molar-refractivity contribution in [2.24, 2.45) is 5.73 Å². The Morgan fingerprint density at radius 3 is 2.03 bits per heavy atom. The summed E-state index contributed by atoms with van der Waals surface area (Å²) in [6, 6.07) is 20.1. The van der Waals surface area contributed by atoms with E-state index in [1.165, 1.54) is 24.3 Å².